The maximum absolute atomic E-state index is 5.71. The second kappa shape index (κ2) is 5.38. The molecule has 2 N–H and O–H groups in total. The van der Waals surface area contributed by atoms with E-state index in [4.69, 9.17) is 5.73 Å². The molecule has 0 amide bonds. The summed E-state index contributed by atoms with van der Waals surface area (Å²) in [6.07, 6.45) is 0. The van der Waals surface area contributed by atoms with Crippen molar-refractivity contribution in [3.05, 3.63) is 65.2 Å². The van der Waals surface area contributed by atoms with Crippen molar-refractivity contribution in [3.63, 3.8) is 0 Å². The van der Waals surface area contributed by atoms with Gasteiger partial charge in [0.05, 0.1) is 22.8 Å². The van der Waals surface area contributed by atoms with Crippen molar-refractivity contribution >= 4 is 11.3 Å². The van der Waals surface area contributed by atoms with Gasteiger partial charge in [0.25, 0.3) is 0 Å². The number of rotatable bonds is 4. The predicted molar refractivity (Wildman–Crippen MR) is 79.0 cm³/mol. The van der Waals surface area contributed by atoms with E-state index >= 15 is 0 Å². The first-order chi connectivity index (χ1) is 9.36. The van der Waals surface area contributed by atoms with Gasteiger partial charge in [0.2, 0.25) is 0 Å². The molecule has 4 heteroatoms. The Bertz CT molecular complexity index is 641. The molecule has 0 aliphatic carbocycles. The molecule has 3 nitrogen and oxygen atoms in total. The molecule has 0 spiro atoms. The second-order valence-corrected chi connectivity index (χ2v) is 5.29. The Morgan fingerprint density at radius 3 is 2.63 bits per heavy atom. The van der Waals surface area contributed by atoms with E-state index in [0.717, 1.165) is 17.9 Å². The molecular weight excluding hydrogens is 254 g/mol. The summed E-state index contributed by atoms with van der Waals surface area (Å²) in [6.45, 7) is 1.24. The quantitative estimate of drug-likeness (QED) is 0.791. The van der Waals surface area contributed by atoms with Gasteiger partial charge < -0.3 is 5.73 Å². The standard InChI is InChI=1S/C15H15N3S/c16-10-13-9-14(15-7-4-8-19-15)18(17-13)11-12-5-2-1-3-6-12/h1-9H,10-11,16H2. The van der Waals surface area contributed by atoms with Crippen molar-refractivity contribution in [2.75, 3.05) is 0 Å². The third-order valence-corrected chi connectivity index (χ3v) is 3.88. The maximum Gasteiger partial charge on any atom is 0.0789 e. The molecule has 3 aromatic rings. The Kier molecular flexibility index (Phi) is 3.44. The summed E-state index contributed by atoms with van der Waals surface area (Å²) < 4.78 is 2.03. The number of aromatic nitrogens is 2. The van der Waals surface area contributed by atoms with Gasteiger partial charge in [-0.1, -0.05) is 36.4 Å². The van der Waals surface area contributed by atoms with E-state index in [1.807, 2.05) is 22.9 Å². The van der Waals surface area contributed by atoms with Crippen molar-refractivity contribution in [2.24, 2.45) is 5.73 Å². The summed E-state index contributed by atoms with van der Waals surface area (Å²) in [7, 11) is 0. The number of hydrogen-bond donors (Lipinski definition) is 1. The van der Waals surface area contributed by atoms with Gasteiger partial charge in [0.1, 0.15) is 0 Å². The second-order valence-electron chi connectivity index (χ2n) is 4.35. The van der Waals surface area contributed by atoms with Crippen molar-refractivity contribution in [1.82, 2.24) is 9.78 Å². The van der Waals surface area contributed by atoms with Crippen molar-refractivity contribution in [1.29, 1.82) is 0 Å². The molecule has 0 radical (unpaired) electrons. The third-order valence-electron chi connectivity index (χ3n) is 2.99. The van der Waals surface area contributed by atoms with E-state index in [9.17, 15) is 0 Å². The van der Waals surface area contributed by atoms with E-state index in [-0.39, 0.29) is 0 Å². The molecular formula is C15H15N3S. The monoisotopic (exact) mass is 269 g/mol. The number of nitrogens with zero attached hydrogens (tertiary/aromatic N) is 2. The van der Waals surface area contributed by atoms with Crippen LogP contribution in [0.5, 0.6) is 0 Å². The molecule has 19 heavy (non-hydrogen) atoms. The van der Waals surface area contributed by atoms with Gasteiger partial charge in [-0.3, -0.25) is 4.68 Å². The molecule has 0 aliphatic heterocycles. The zero-order valence-corrected chi connectivity index (χ0v) is 11.3. The van der Waals surface area contributed by atoms with Crippen molar-refractivity contribution < 1.29 is 0 Å². The van der Waals surface area contributed by atoms with E-state index in [1.54, 1.807) is 11.3 Å². The van der Waals surface area contributed by atoms with Crippen LogP contribution in [0.2, 0.25) is 0 Å². The fraction of sp³-hybridized carbons (Fsp3) is 0.133. The van der Waals surface area contributed by atoms with Crippen LogP contribution < -0.4 is 5.73 Å². The highest BCUT2D eigenvalue weighted by molar-refractivity contribution is 7.13. The van der Waals surface area contributed by atoms with E-state index in [2.05, 4.69) is 40.8 Å². The SMILES string of the molecule is NCc1cc(-c2cccs2)n(Cc2ccccc2)n1. The normalized spacial score (nSPS) is 10.8. The summed E-state index contributed by atoms with van der Waals surface area (Å²) in [6, 6.07) is 16.6. The molecule has 96 valence electrons. The Labute approximate surface area is 116 Å². The highest BCUT2D eigenvalue weighted by Gasteiger charge is 2.10. The van der Waals surface area contributed by atoms with Gasteiger partial charge in [0.15, 0.2) is 0 Å². The average molecular weight is 269 g/mol. The maximum atomic E-state index is 5.71. The van der Waals surface area contributed by atoms with Crippen LogP contribution in [0.25, 0.3) is 10.6 Å². The van der Waals surface area contributed by atoms with Gasteiger partial charge in [0, 0.05) is 6.54 Å². The number of benzene rings is 1. The molecule has 0 fully saturated rings. The first kappa shape index (κ1) is 12.1. The molecule has 0 saturated heterocycles. The van der Waals surface area contributed by atoms with Crippen LogP contribution in [0.15, 0.2) is 53.9 Å². The molecule has 0 unspecified atom stereocenters. The molecule has 2 aromatic heterocycles. The number of nitrogens with two attached hydrogens (primary N) is 1. The summed E-state index contributed by atoms with van der Waals surface area (Å²) in [4.78, 5) is 1.23. The molecule has 3 rings (SSSR count). The predicted octanol–water partition coefficient (Wildman–Crippen LogP) is 3.12. The molecule has 0 aliphatic rings. The number of thiophene rings is 1. The lowest BCUT2D eigenvalue weighted by molar-refractivity contribution is 0.679. The zero-order chi connectivity index (χ0) is 13.1. The van der Waals surface area contributed by atoms with Gasteiger partial charge >= 0.3 is 0 Å². The van der Waals surface area contributed by atoms with Crippen LogP contribution >= 0.6 is 11.3 Å². The lowest BCUT2D eigenvalue weighted by Crippen LogP contribution is -2.05. The third kappa shape index (κ3) is 2.59. The fourth-order valence-corrected chi connectivity index (χ4v) is 2.82. The van der Waals surface area contributed by atoms with Gasteiger partial charge in [-0.15, -0.1) is 11.3 Å². The Hall–Kier alpha value is -1.91. The summed E-state index contributed by atoms with van der Waals surface area (Å²) >= 11 is 1.72. The lowest BCUT2D eigenvalue weighted by atomic mass is 10.2. The Morgan fingerprint density at radius 1 is 1.11 bits per heavy atom. The highest BCUT2D eigenvalue weighted by atomic mass is 32.1. The van der Waals surface area contributed by atoms with Crippen LogP contribution in [-0.2, 0) is 13.1 Å². The fourth-order valence-electron chi connectivity index (χ4n) is 2.07. The van der Waals surface area contributed by atoms with Crippen LogP contribution in [0.3, 0.4) is 0 Å². The number of hydrogen-bond acceptors (Lipinski definition) is 3. The summed E-state index contributed by atoms with van der Waals surface area (Å²) in [5.74, 6) is 0. The van der Waals surface area contributed by atoms with Crippen LogP contribution in [-0.4, -0.2) is 9.78 Å². The van der Waals surface area contributed by atoms with E-state index < -0.39 is 0 Å². The first-order valence-electron chi connectivity index (χ1n) is 6.21. The molecule has 0 bridgehead atoms. The minimum absolute atomic E-state index is 0.472. The zero-order valence-electron chi connectivity index (χ0n) is 10.5. The van der Waals surface area contributed by atoms with Gasteiger partial charge in [-0.05, 0) is 23.1 Å². The minimum atomic E-state index is 0.472. The topological polar surface area (TPSA) is 43.8 Å². The minimum Gasteiger partial charge on any atom is -0.325 e. The van der Waals surface area contributed by atoms with Crippen LogP contribution in [0.1, 0.15) is 11.3 Å². The Morgan fingerprint density at radius 2 is 1.95 bits per heavy atom. The van der Waals surface area contributed by atoms with Crippen LogP contribution in [0, 0.1) is 0 Å². The largest absolute Gasteiger partial charge is 0.325 e. The first-order valence-corrected chi connectivity index (χ1v) is 7.09. The van der Waals surface area contributed by atoms with E-state index in [0.29, 0.717) is 6.54 Å². The lowest BCUT2D eigenvalue weighted by Gasteiger charge is -2.06. The van der Waals surface area contributed by atoms with Gasteiger partial charge in [-0.25, -0.2) is 0 Å². The smallest absolute Gasteiger partial charge is 0.0789 e. The van der Waals surface area contributed by atoms with Gasteiger partial charge in [-0.2, -0.15) is 5.10 Å². The summed E-state index contributed by atoms with van der Waals surface area (Å²) in [5.41, 5.74) is 9.02. The van der Waals surface area contributed by atoms with Crippen molar-refractivity contribution in [2.45, 2.75) is 13.1 Å². The summed E-state index contributed by atoms with van der Waals surface area (Å²) in [5, 5.41) is 6.66. The molecule has 0 atom stereocenters. The molecule has 1 aromatic carbocycles. The highest BCUT2D eigenvalue weighted by Crippen LogP contribution is 2.26. The average Bonchev–Trinajstić information content (AvgIpc) is 3.08. The van der Waals surface area contributed by atoms with E-state index in [1.165, 1.54) is 10.4 Å². The van der Waals surface area contributed by atoms with Crippen molar-refractivity contribution in [3.8, 4) is 10.6 Å². The molecule has 0 saturated carbocycles. The Balaban J connectivity index is 1.98. The molecule has 2 heterocycles. The van der Waals surface area contributed by atoms with Crippen LogP contribution in [0.4, 0.5) is 0 Å².